The van der Waals surface area contributed by atoms with Crippen LogP contribution < -0.4 is 5.73 Å². The average molecular weight is 390 g/mol. The molecule has 0 spiro atoms. The minimum atomic E-state index is -0.617. The molecule has 0 saturated carbocycles. The number of nitrogens with two attached hydrogens (primary N) is 1. The van der Waals surface area contributed by atoms with E-state index in [2.05, 4.69) is 14.9 Å². The molecule has 6 heteroatoms. The number of guanidine groups is 1. The van der Waals surface area contributed by atoms with Gasteiger partial charge in [0.2, 0.25) is 0 Å². The summed E-state index contributed by atoms with van der Waals surface area (Å²) in [5.74, 6) is 0.551. The highest BCUT2D eigenvalue weighted by Gasteiger charge is 2.12. The second-order valence-corrected chi connectivity index (χ2v) is 4.90. The number of likely N-dealkylation sites (tertiary alicyclic amines) is 1. The van der Waals surface area contributed by atoms with Crippen molar-refractivity contribution in [3.8, 4) is 0 Å². The maximum absolute atomic E-state index is 10.0. The van der Waals surface area contributed by atoms with Crippen LogP contribution in [0.3, 0.4) is 0 Å². The molecule has 1 aliphatic rings. The van der Waals surface area contributed by atoms with Gasteiger partial charge in [0.05, 0.1) is 12.6 Å². The second kappa shape index (κ2) is 9.12. The zero-order valence-electron chi connectivity index (χ0n) is 11.6. The highest BCUT2D eigenvalue weighted by molar-refractivity contribution is 14.0. The Bertz CT molecular complexity index is 405. The van der Waals surface area contributed by atoms with Crippen LogP contribution in [0, 0.1) is 0 Å². The Morgan fingerprint density at radius 1 is 1.25 bits per heavy atom. The third-order valence-corrected chi connectivity index (χ3v) is 3.45. The summed E-state index contributed by atoms with van der Waals surface area (Å²) in [6.45, 7) is 2.24. The Hall–Kier alpha value is -0.890. The van der Waals surface area contributed by atoms with Gasteiger partial charge < -0.3 is 15.7 Å². The molecule has 1 unspecified atom stereocenters. The molecule has 1 aromatic heterocycles. The molecule has 0 aliphatic carbocycles. The molecular weight excluding hydrogens is 367 g/mol. The van der Waals surface area contributed by atoms with Crippen molar-refractivity contribution in [3.05, 3.63) is 30.1 Å². The van der Waals surface area contributed by atoms with E-state index in [0.717, 1.165) is 18.7 Å². The van der Waals surface area contributed by atoms with E-state index < -0.39 is 6.10 Å². The van der Waals surface area contributed by atoms with Crippen molar-refractivity contribution in [2.75, 3.05) is 19.6 Å². The van der Waals surface area contributed by atoms with E-state index in [0.29, 0.717) is 12.5 Å². The van der Waals surface area contributed by atoms with Crippen molar-refractivity contribution < 1.29 is 5.11 Å². The first-order chi connectivity index (χ1) is 9.27. The molecule has 3 N–H and O–H groups in total. The van der Waals surface area contributed by atoms with E-state index in [1.54, 1.807) is 24.5 Å². The molecule has 0 aromatic carbocycles. The Labute approximate surface area is 137 Å². The predicted molar refractivity (Wildman–Crippen MR) is 91.1 cm³/mol. The molecule has 1 saturated heterocycles. The number of aliphatic imine (C=N–C) groups is 1. The second-order valence-electron chi connectivity index (χ2n) is 4.90. The number of hydrogen-bond acceptors (Lipinski definition) is 3. The summed E-state index contributed by atoms with van der Waals surface area (Å²) >= 11 is 0. The molecule has 1 aliphatic heterocycles. The zero-order chi connectivity index (χ0) is 13.5. The summed E-state index contributed by atoms with van der Waals surface area (Å²) in [6, 6.07) is 3.59. The normalized spacial score (nSPS) is 18.1. The number of rotatable bonds is 3. The van der Waals surface area contributed by atoms with Crippen molar-refractivity contribution in [3.63, 3.8) is 0 Å². The average Bonchev–Trinajstić information content (AvgIpc) is 2.74. The van der Waals surface area contributed by atoms with Gasteiger partial charge in [-0.1, -0.05) is 12.8 Å². The molecule has 5 nitrogen and oxygen atoms in total. The number of halogens is 1. The van der Waals surface area contributed by atoms with E-state index in [4.69, 9.17) is 5.73 Å². The fourth-order valence-electron chi connectivity index (χ4n) is 2.27. The van der Waals surface area contributed by atoms with E-state index in [1.165, 1.54) is 25.7 Å². The Morgan fingerprint density at radius 2 is 1.85 bits per heavy atom. The third-order valence-electron chi connectivity index (χ3n) is 3.45. The van der Waals surface area contributed by atoms with Crippen LogP contribution in [0.5, 0.6) is 0 Å². The van der Waals surface area contributed by atoms with Crippen molar-refractivity contribution in [2.45, 2.75) is 31.8 Å². The van der Waals surface area contributed by atoms with Gasteiger partial charge in [0, 0.05) is 25.5 Å². The maximum Gasteiger partial charge on any atom is 0.191 e. The number of aliphatic hydroxyl groups is 1. The lowest BCUT2D eigenvalue weighted by Gasteiger charge is -2.21. The first-order valence-electron chi connectivity index (χ1n) is 6.90. The topological polar surface area (TPSA) is 74.7 Å². The monoisotopic (exact) mass is 390 g/mol. The smallest absolute Gasteiger partial charge is 0.191 e. The molecule has 1 fully saturated rings. The highest BCUT2D eigenvalue weighted by Crippen LogP contribution is 2.12. The minimum absolute atomic E-state index is 0. The van der Waals surface area contributed by atoms with Crippen LogP contribution in [0.1, 0.15) is 37.4 Å². The number of aromatic nitrogens is 1. The van der Waals surface area contributed by atoms with Crippen LogP contribution in [0.15, 0.2) is 29.5 Å². The molecule has 2 heterocycles. The maximum atomic E-state index is 10.0. The lowest BCUT2D eigenvalue weighted by atomic mass is 10.1. The molecule has 20 heavy (non-hydrogen) atoms. The molecule has 2 rings (SSSR count). The number of nitrogens with zero attached hydrogens (tertiary/aromatic N) is 3. The number of aliphatic hydroxyl groups excluding tert-OH is 1. The van der Waals surface area contributed by atoms with Crippen LogP contribution in [-0.4, -0.2) is 40.6 Å². The van der Waals surface area contributed by atoms with Gasteiger partial charge in [-0.3, -0.25) is 9.98 Å². The Kier molecular flexibility index (Phi) is 7.83. The first kappa shape index (κ1) is 17.2. The van der Waals surface area contributed by atoms with Gasteiger partial charge in [0.1, 0.15) is 0 Å². The lowest BCUT2D eigenvalue weighted by Crippen LogP contribution is -2.38. The van der Waals surface area contributed by atoms with Crippen molar-refractivity contribution >= 4 is 29.9 Å². The van der Waals surface area contributed by atoms with Crippen LogP contribution in [-0.2, 0) is 0 Å². The molecule has 112 valence electrons. The fraction of sp³-hybridized carbons (Fsp3) is 0.571. The zero-order valence-corrected chi connectivity index (χ0v) is 13.9. The summed E-state index contributed by atoms with van der Waals surface area (Å²) in [6.07, 6.45) is 7.59. The van der Waals surface area contributed by atoms with Gasteiger partial charge in [-0.2, -0.15) is 0 Å². The van der Waals surface area contributed by atoms with E-state index >= 15 is 0 Å². The van der Waals surface area contributed by atoms with Gasteiger partial charge in [0.25, 0.3) is 0 Å². The number of hydrogen-bond donors (Lipinski definition) is 2. The quantitative estimate of drug-likeness (QED) is 0.470. The van der Waals surface area contributed by atoms with Crippen LogP contribution in [0.2, 0.25) is 0 Å². The standard InChI is InChI=1S/C14H22N4O.HI/c15-14(18-9-3-1-2-4-10-18)17-11-13(19)12-5-7-16-8-6-12;/h5-8,13,19H,1-4,9-11H2,(H2,15,17);1H. The van der Waals surface area contributed by atoms with Gasteiger partial charge in [-0.15, -0.1) is 24.0 Å². The molecule has 1 atom stereocenters. The van der Waals surface area contributed by atoms with Gasteiger partial charge in [-0.05, 0) is 30.5 Å². The van der Waals surface area contributed by atoms with Gasteiger partial charge >= 0.3 is 0 Å². The van der Waals surface area contributed by atoms with Crippen molar-refractivity contribution in [1.29, 1.82) is 0 Å². The van der Waals surface area contributed by atoms with Crippen molar-refractivity contribution in [2.24, 2.45) is 10.7 Å². The largest absolute Gasteiger partial charge is 0.386 e. The summed E-state index contributed by atoms with van der Waals surface area (Å²) in [7, 11) is 0. The Morgan fingerprint density at radius 3 is 2.45 bits per heavy atom. The van der Waals surface area contributed by atoms with Crippen molar-refractivity contribution in [1.82, 2.24) is 9.88 Å². The highest BCUT2D eigenvalue weighted by atomic mass is 127. The summed E-state index contributed by atoms with van der Waals surface area (Å²) < 4.78 is 0. The summed E-state index contributed by atoms with van der Waals surface area (Å²) in [5, 5.41) is 10.0. The first-order valence-corrected chi connectivity index (χ1v) is 6.90. The van der Waals surface area contributed by atoms with E-state index in [1.807, 2.05) is 0 Å². The SMILES string of the molecule is I.NC(=NCC(O)c1ccncc1)N1CCCCCC1. The van der Waals surface area contributed by atoms with Gasteiger partial charge in [-0.25, -0.2) is 0 Å². The van der Waals surface area contributed by atoms with Crippen LogP contribution in [0.4, 0.5) is 0 Å². The minimum Gasteiger partial charge on any atom is -0.386 e. The summed E-state index contributed by atoms with van der Waals surface area (Å²) in [5.41, 5.74) is 6.82. The molecule has 0 amide bonds. The molecule has 1 aromatic rings. The van der Waals surface area contributed by atoms with Gasteiger partial charge in [0.15, 0.2) is 5.96 Å². The summed E-state index contributed by atoms with van der Waals surface area (Å²) in [4.78, 5) is 10.4. The third kappa shape index (κ3) is 5.24. The molecular formula is C14H23IN4O. The van der Waals surface area contributed by atoms with E-state index in [-0.39, 0.29) is 24.0 Å². The number of pyridine rings is 1. The fourth-order valence-corrected chi connectivity index (χ4v) is 2.27. The molecule has 0 radical (unpaired) electrons. The van der Waals surface area contributed by atoms with Crippen LogP contribution in [0.25, 0.3) is 0 Å². The molecule has 0 bridgehead atoms. The lowest BCUT2D eigenvalue weighted by molar-refractivity contribution is 0.186. The predicted octanol–water partition coefficient (Wildman–Crippen LogP) is 1.92. The Balaban J connectivity index is 0.00000200. The van der Waals surface area contributed by atoms with Crippen LogP contribution >= 0.6 is 24.0 Å². The van der Waals surface area contributed by atoms with E-state index in [9.17, 15) is 5.11 Å².